The molecule has 1 saturated heterocycles. The van der Waals surface area contributed by atoms with Gasteiger partial charge in [-0.05, 0) is 42.5 Å². The highest BCUT2D eigenvalue weighted by Gasteiger charge is 2.26. The van der Waals surface area contributed by atoms with E-state index in [-0.39, 0.29) is 17.6 Å². The van der Waals surface area contributed by atoms with E-state index < -0.39 is 0 Å². The van der Waals surface area contributed by atoms with Crippen LogP contribution in [0.25, 0.3) is 0 Å². The lowest BCUT2D eigenvalue weighted by Gasteiger charge is -2.28. The number of nitrogens with zero attached hydrogens (tertiary/aromatic N) is 3. The molecule has 1 amide bonds. The quantitative estimate of drug-likeness (QED) is 0.890. The molecule has 142 valence electrons. The first-order valence-corrected chi connectivity index (χ1v) is 9.38. The Bertz CT molecular complexity index is 806. The average molecular weight is 370 g/mol. The lowest BCUT2D eigenvalue weighted by atomic mass is 9.86. The minimum Gasteiger partial charge on any atom is -0.378 e. The monoisotopic (exact) mass is 370 g/mol. The van der Waals surface area contributed by atoms with Crippen molar-refractivity contribution in [1.82, 2.24) is 15.3 Å². The molecule has 2 heterocycles. The number of anilines is 1. The third-order valence-electron chi connectivity index (χ3n) is 5.18. The van der Waals surface area contributed by atoms with Crippen molar-refractivity contribution >= 4 is 11.9 Å². The number of ether oxygens (including phenoxy) is 1. The Morgan fingerprint density at radius 3 is 2.81 bits per heavy atom. The summed E-state index contributed by atoms with van der Waals surface area (Å²) < 4.78 is 18.3. The van der Waals surface area contributed by atoms with Crippen molar-refractivity contribution in [3.8, 4) is 0 Å². The Morgan fingerprint density at radius 2 is 2.04 bits per heavy atom. The minimum absolute atomic E-state index is 0.0298. The number of aromatic nitrogens is 2. The summed E-state index contributed by atoms with van der Waals surface area (Å²) in [7, 11) is 0. The number of carbonyl (C=O) groups is 1. The van der Waals surface area contributed by atoms with Crippen molar-refractivity contribution in [2.75, 3.05) is 31.2 Å². The number of carbonyl (C=O) groups excluding carboxylic acids is 1. The number of morpholine rings is 1. The molecule has 1 aliphatic carbocycles. The molecule has 6 nitrogen and oxygen atoms in total. The highest BCUT2D eigenvalue weighted by molar-refractivity contribution is 5.79. The molecular formula is C20H23FN4O2. The second-order valence-electron chi connectivity index (χ2n) is 7.03. The number of fused-ring (bicyclic) bond motifs is 1. The van der Waals surface area contributed by atoms with Gasteiger partial charge in [0, 0.05) is 37.4 Å². The van der Waals surface area contributed by atoms with E-state index in [1.54, 1.807) is 12.1 Å². The van der Waals surface area contributed by atoms with E-state index >= 15 is 0 Å². The SMILES string of the molecule is O=C(NCc1ccc(F)cc1)[C@H]1CCc2nc(N3CCOCC3)ncc2C1. The second-order valence-corrected chi connectivity index (χ2v) is 7.03. The van der Waals surface area contributed by atoms with E-state index in [2.05, 4.69) is 15.2 Å². The fourth-order valence-corrected chi connectivity index (χ4v) is 3.57. The Hall–Kier alpha value is -2.54. The molecule has 1 aromatic heterocycles. The third-order valence-corrected chi connectivity index (χ3v) is 5.18. The zero-order chi connectivity index (χ0) is 18.6. The van der Waals surface area contributed by atoms with Gasteiger partial charge in [-0.15, -0.1) is 0 Å². The number of amides is 1. The lowest BCUT2D eigenvalue weighted by molar-refractivity contribution is -0.125. The molecule has 2 aliphatic rings. The van der Waals surface area contributed by atoms with Gasteiger partial charge in [-0.3, -0.25) is 4.79 Å². The van der Waals surface area contributed by atoms with E-state index in [1.165, 1.54) is 12.1 Å². The highest BCUT2D eigenvalue weighted by atomic mass is 19.1. The second kappa shape index (κ2) is 8.00. The molecule has 7 heteroatoms. The summed E-state index contributed by atoms with van der Waals surface area (Å²) in [6.45, 7) is 3.45. The van der Waals surface area contributed by atoms with Crippen molar-refractivity contribution in [3.05, 3.63) is 53.1 Å². The van der Waals surface area contributed by atoms with Crippen molar-refractivity contribution < 1.29 is 13.9 Å². The fraction of sp³-hybridized carbons (Fsp3) is 0.450. The molecule has 2 aromatic rings. The van der Waals surface area contributed by atoms with Crippen LogP contribution >= 0.6 is 0 Å². The predicted octanol–water partition coefficient (Wildman–Crippen LogP) is 1.87. The number of aryl methyl sites for hydroxylation is 1. The fourth-order valence-electron chi connectivity index (χ4n) is 3.57. The standard InChI is InChI=1S/C20H23FN4O2/c21-17-4-1-14(2-5-17)12-22-19(26)15-3-6-18-16(11-15)13-23-20(24-18)25-7-9-27-10-8-25/h1-2,4-5,13,15H,3,6-12H2,(H,22,26)/t15-/m0/s1. The molecular weight excluding hydrogens is 347 g/mol. The first-order valence-electron chi connectivity index (χ1n) is 9.38. The summed E-state index contributed by atoms with van der Waals surface area (Å²) in [5, 5.41) is 2.96. The molecule has 1 N–H and O–H groups in total. The van der Waals surface area contributed by atoms with E-state index in [1.807, 2.05) is 6.20 Å². The van der Waals surface area contributed by atoms with Gasteiger partial charge in [0.05, 0.1) is 13.2 Å². The smallest absolute Gasteiger partial charge is 0.225 e. The minimum atomic E-state index is -0.273. The van der Waals surface area contributed by atoms with Gasteiger partial charge in [-0.2, -0.15) is 0 Å². The highest BCUT2D eigenvalue weighted by Crippen LogP contribution is 2.25. The summed E-state index contributed by atoms with van der Waals surface area (Å²) in [5.41, 5.74) is 2.99. The Kier molecular flexibility index (Phi) is 5.29. The van der Waals surface area contributed by atoms with Crippen LogP contribution in [0.3, 0.4) is 0 Å². The summed E-state index contributed by atoms with van der Waals surface area (Å²) in [6, 6.07) is 6.18. The molecule has 4 rings (SSSR count). The van der Waals surface area contributed by atoms with Crippen molar-refractivity contribution in [3.63, 3.8) is 0 Å². The first kappa shape index (κ1) is 17.9. The number of nitrogens with one attached hydrogen (secondary N) is 1. The van der Waals surface area contributed by atoms with Gasteiger partial charge in [0.1, 0.15) is 5.82 Å². The van der Waals surface area contributed by atoms with Gasteiger partial charge in [-0.25, -0.2) is 14.4 Å². The van der Waals surface area contributed by atoms with Crippen LogP contribution in [-0.2, 0) is 28.9 Å². The van der Waals surface area contributed by atoms with Gasteiger partial charge < -0.3 is 15.0 Å². The van der Waals surface area contributed by atoms with Crippen LogP contribution in [0, 0.1) is 11.7 Å². The molecule has 1 aromatic carbocycles. The van der Waals surface area contributed by atoms with Crippen molar-refractivity contribution in [2.45, 2.75) is 25.8 Å². The normalized spacial score (nSPS) is 19.4. The molecule has 0 spiro atoms. The van der Waals surface area contributed by atoms with E-state index in [0.29, 0.717) is 26.2 Å². The van der Waals surface area contributed by atoms with Gasteiger partial charge >= 0.3 is 0 Å². The Balaban J connectivity index is 1.36. The van der Waals surface area contributed by atoms with Crippen LogP contribution in [0.1, 0.15) is 23.2 Å². The zero-order valence-electron chi connectivity index (χ0n) is 15.2. The van der Waals surface area contributed by atoms with Crippen LogP contribution in [-0.4, -0.2) is 42.2 Å². The molecule has 0 radical (unpaired) electrons. The maximum absolute atomic E-state index is 13.0. The number of halogens is 1. The molecule has 1 fully saturated rings. The summed E-state index contributed by atoms with van der Waals surface area (Å²) in [4.78, 5) is 23.9. The summed E-state index contributed by atoms with van der Waals surface area (Å²) in [5.74, 6) is 0.444. The lowest BCUT2D eigenvalue weighted by Crippen LogP contribution is -2.38. The van der Waals surface area contributed by atoms with E-state index in [9.17, 15) is 9.18 Å². The average Bonchev–Trinajstić information content (AvgIpc) is 2.73. The van der Waals surface area contributed by atoms with E-state index in [4.69, 9.17) is 9.72 Å². The van der Waals surface area contributed by atoms with Crippen LogP contribution in [0.2, 0.25) is 0 Å². The first-order chi connectivity index (χ1) is 13.2. The van der Waals surface area contributed by atoms with Crippen LogP contribution in [0.15, 0.2) is 30.5 Å². The molecule has 0 bridgehead atoms. The molecule has 1 atom stereocenters. The van der Waals surface area contributed by atoms with Gasteiger partial charge in [0.15, 0.2) is 0 Å². The largest absolute Gasteiger partial charge is 0.378 e. The molecule has 0 saturated carbocycles. The van der Waals surface area contributed by atoms with Crippen molar-refractivity contribution in [1.29, 1.82) is 0 Å². The molecule has 27 heavy (non-hydrogen) atoms. The van der Waals surface area contributed by atoms with Gasteiger partial charge in [0.2, 0.25) is 11.9 Å². The summed E-state index contributed by atoms with van der Waals surface area (Å²) in [6.07, 6.45) is 4.09. The number of hydrogen-bond donors (Lipinski definition) is 1. The van der Waals surface area contributed by atoms with Crippen LogP contribution < -0.4 is 10.2 Å². The Labute approximate surface area is 157 Å². The van der Waals surface area contributed by atoms with Crippen LogP contribution in [0.5, 0.6) is 0 Å². The third kappa shape index (κ3) is 4.24. The van der Waals surface area contributed by atoms with E-state index in [0.717, 1.165) is 48.7 Å². The number of rotatable bonds is 4. The zero-order valence-corrected chi connectivity index (χ0v) is 15.2. The predicted molar refractivity (Wildman–Crippen MR) is 98.8 cm³/mol. The summed E-state index contributed by atoms with van der Waals surface area (Å²) >= 11 is 0. The van der Waals surface area contributed by atoms with Gasteiger partial charge in [0.25, 0.3) is 0 Å². The number of hydrogen-bond acceptors (Lipinski definition) is 5. The Morgan fingerprint density at radius 1 is 1.26 bits per heavy atom. The van der Waals surface area contributed by atoms with Crippen molar-refractivity contribution in [2.24, 2.45) is 5.92 Å². The molecule has 1 aliphatic heterocycles. The maximum atomic E-state index is 13.0. The number of benzene rings is 1. The molecule has 0 unspecified atom stereocenters. The van der Waals surface area contributed by atoms with Crippen LogP contribution in [0.4, 0.5) is 10.3 Å². The maximum Gasteiger partial charge on any atom is 0.225 e. The van der Waals surface area contributed by atoms with Gasteiger partial charge in [-0.1, -0.05) is 12.1 Å². The topological polar surface area (TPSA) is 67.4 Å².